The molecule has 0 saturated carbocycles. The second-order valence-electron chi connectivity index (χ2n) is 3.42. The van der Waals surface area contributed by atoms with Gasteiger partial charge in [0, 0.05) is 0 Å². The van der Waals surface area contributed by atoms with Crippen LogP contribution in [0.4, 0.5) is 0 Å². The van der Waals surface area contributed by atoms with Gasteiger partial charge in [0.2, 0.25) is 0 Å². The highest BCUT2D eigenvalue weighted by atomic mass is 14.0. The number of hydrogen-bond donors (Lipinski definition) is 0. The standard InChI is InChI=1S/C13H13B/c1-14-13-9-5-8-12(10-13)11-6-3-2-4-7-11/h2-10,14H,1H3. The van der Waals surface area contributed by atoms with Crippen LogP contribution in [0.5, 0.6) is 0 Å². The lowest BCUT2D eigenvalue weighted by molar-refractivity contribution is 1.64. The van der Waals surface area contributed by atoms with E-state index in [1.54, 1.807) is 0 Å². The van der Waals surface area contributed by atoms with Crippen molar-refractivity contribution in [1.82, 2.24) is 0 Å². The van der Waals surface area contributed by atoms with Crippen molar-refractivity contribution in [2.45, 2.75) is 6.82 Å². The smallest absolute Gasteiger partial charge is 0.0849 e. The molecule has 68 valence electrons. The average molecular weight is 180 g/mol. The molecule has 0 aliphatic carbocycles. The fourth-order valence-corrected chi connectivity index (χ4v) is 1.60. The van der Waals surface area contributed by atoms with E-state index < -0.39 is 0 Å². The quantitative estimate of drug-likeness (QED) is 0.622. The fourth-order valence-electron chi connectivity index (χ4n) is 1.60. The molecule has 1 heteroatoms. The maximum Gasteiger partial charge on any atom is 0.154 e. The molecule has 2 aromatic carbocycles. The van der Waals surface area contributed by atoms with Gasteiger partial charge in [-0.25, -0.2) is 0 Å². The monoisotopic (exact) mass is 180 g/mol. The van der Waals surface area contributed by atoms with E-state index in [9.17, 15) is 0 Å². The van der Waals surface area contributed by atoms with Crippen LogP contribution in [0.15, 0.2) is 54.6 Å². The van der Waals surface area contributed by atoms with Gasteiger partial charge in [0.15, 0.2) is 7.28 Å². The Labute approximate surface area is 85.8 Å². The molecular weight excluding hydrogens is 167 g/mol. The number of benzene rings is 2. The molecule has 0 fully saturated rings. The molecule has 0 N–H and O–H groups in total. The van der Waals surface area contributed by atoms with Gasteiger partial charge in [-0.15, -0.1) is 0 Å². The van der Waals surface area contributed by atoms with Crippen LogP contribution in [0.1, 0.15) is 0 Å². The Balaban J connectivity index is 2.42. The van der Waals surface area contributed by atoms with Crippen molar-refractivity contribution < 1.29 is 0 Å². The van der Waals surface area contributed by atoms with E-state index in [0.29, 0.717) is 0 Å². The van der Waals surface area contributed by atoms with Crippen molar-refractivity contribution in [3.8, 4) is 11.1 Å². The summed E-state index contributed by atoms with van der Waals surface area (Å²) < 4.78 is 0. The van der Waals surface area contributed by atoms with E-state index in [0.717, 1.165) is 7.28 Å². The van der Waals surface area contributed by atoms with E-state index in [1.807, 2.05) is 6.07 Å². The third-order valence-electron chi connectivity index (χ3n) is 2.44. The maximum absolute atomic E-state index is 2.26. The largest absolute Gasteiger partial charge is 0.154 e. The Kier molecular flexibility index (Phi) is 2.69. The Morgan fingerprint density at radius 3 is 2.21 bits per heavy atom. The summed E-state index contributed by atoms with van der Waals surface area (Å²) in [6, 6.07) is 19.2. The summed E-state index contributed by atoms with van der Waals surface area (Å²) in [6.45, 7) is 2.18. The van der Waals surface area contributed by atoms with Crippen molar-refractivity contribution in [2.75, 3.05) is 0 Å². The summed E-state index contributed by atoms with van der Waals surface area (Å²) in [7, 11) is 1.10. The first-order valence-electron chi connectivity index (χ1n) is 5.04. The zero-order valence-electron chi connectivity index (χ0n) is 8.40. The fraction of sp³-hybridized carbons (Fsp3) is 0.0769. The minimum atomic E-state index is 1.10. The van der Waals surface area contributed by atoms with Gasteiger partial charge in [0.05, 0.1) is 0 Å². The highest BCUT2D eigenvalue weighted by Gasteiger charge is 1.96. The lowest BCUT2D eigenvalue weighted by Gasteiger charge is -2.02. The molecule has 0 aliphatic heterocycles. The van der Waals surface area contributed by atoms with Crippen LogP contribution in [0, 0.1) is 0 Å². The Morgan fingerprint density at radius 2 is 1.50 bits per heavy atom. The van der Waals surface area contributed by atoms with Gasteiger partial charge in [-0.1, -0.05) is 66.9 Å². The molecule has 0 bridgehead atoms. The topological polar surface area (TPSA) is 0 Å². The third kappa shape index (κ3) is 1.87. The predicted octanol–water partition coefficient (Wildman–Crippen LogP) is 2.46. The van der Waals surface area contributed by atoms with E-state index in [1.165, 1.54) is 16.6 Å². The summed E-state index contributed by atoms with van der Waals surface area (Å²) in [6.07, 6.45) is 0. The zero-order valence-corrected chi connectivity index (χ0v) is 8.40. The van der Waals surface area contributed by atoms with Gasteiger partial charge in [0.25, 0.3) is 0 Å². The van der Waals surface area contributed by atoms with Crippen molar-refractivity contribution in [3.05, 3.63) is 54.6 Å². The maximum atomic E-state index is 2.26. The van der Waals surface area contributed by atoms with Crippen molar-refractivity contribution in [2.24, 2.45) is 0 Å². The lowest BCUT2D eigenvalue weighted by atomic mass is 9.73. The van der Waals surface area contributed by atoms with Crippen LogP contribution in [-0.4, -0.2) is 7.28 Å². The first kappa shape index (κ1) is 9.08. The molecule has 0 saturated heterocycles. The molecular formula is C13H13B. The zero-order chi connectivity index (χ0) is 9.80. The third-order valence-corrected chi connectivity index (χ3v) is 2.44. The summed E-state index contributed by atoms with van der Waals surface area (Å²) >= 11 is 0. The minimum absolute atomic E-state index is 1.10. The first-order valence-corrected chi connectivity index (χ1v) is 5.04. The highest BCUT2D eigenvalue weighted by Crippen LogP contribution is 2.16. The van der Waals surface area contributed by atoms with Crippen molar-refractivity contribution >= 4 is 12.7 Å². The lowest BCUT2D eigenvalue weighted by Crippen LogP contribution is -2.09. The summed E-state index contributed by atoms with van der Waals surface area (Å²) in [4.78, 5) is 0. The van der Waals surface area contributed by atoms with Gasteiger partial charge in [0.1, 0.15) is 0 Å². The summed E-state index contributed by atoms with van der Waals surface area (Å²) in [5.41, 5.74) is 4.00. The highest BCUT2D eigenvalue weighted by molar-refractivity contribution is 6.52. The van der Waals surface area contributed by atoms with Gasteiger partial charge in [-0.2, -0.15) is 0 Å². The molecule has 0 heterocycles. The molecule has 2 aromatic rings. The van der Waals surface area contributed by atoms with Crippen molar-refractivity contribution in [1.29, 1.82) is 0 Å². The van der Waals surface area contributed by atoms with Crippen LogP contribution >= 0.6 is 0 Å². The molecule has 0 unspecified atom stereocenters. The predicted molar refractivity (Wildman–Crippen MR) is 64.5 cm³/mol. The first-order chi connectivity index (χ1) is 6.90. The molecule has 0 nitrogen and oxygen atoms in total. The summed E-state index contributed by atoms with van der Waals surface area (Å²) in [5, 5.41) is 0. The molecule has 14 heavy (non-hydrogen) atoms. The number of hydrogen-bond acceptors (Lipinski definition) is 0. The van der Waals surface area contributed by atoms with E-state index in [2.05, 4.69) is 55.4 Å². The second kappa shape index (κ2) is 4.14. The average Bonchev–Trinajstić information content (AvgIpc) is 2.30. The van der Waals surface area contributed by atoms with E-state index in [4.69, 9.17) is 0 Å². The Bertz CT molecular complexity index is 407. The van der Waals surface area contributed by atoms with E-state index >= 15 is 0 Å². The number of rotatable bonds is 2. The SMILES string of the molecule is CBc1cccc(-c2ccccc2)c1. The van der Waals surface area contributed by atoms with Gasteiger partial charge in [-0.3, -0.25) is 0 Å². The molecule has 0 atom stereocenters. The van der Waals surface area contributed by atoms with Crippen LogP contribution in [0.25, 0.3) is 11.1 Å². The van der Waals surface area contributed by atoms with Gasteiger partial charge in [-0.05, 0) is 11.1 Å². The molecule has 0 amide bonds. The molecule has 0 radical (unpaired) electrons. The van der Waals surface area contributed by atoms with Crippen LogP contribution < -0.4 is 5.46 Å². The minimum Gasteiger partial charge on any atom is -0.0849 e. The Hall–Kier alpha value is -1.50. The van der Waals surface area contributed by atoms with Gasteiger partial charge < -0.3 is 0 Å². The normalized spacial score (nSPS) is 9.79. The summed E-state index contributed by atoms with van der Waals surface area (Å²) in [5.74, 6) is 0. The molecule has 0 aromatic heterocycles. The van der Waals surface area contributed by atoms with Crippen LogP contribution in [0.3, 0.4) is 0 Å². The van der Waals surface area contributed by atoms with Crippen molar-refractivity contribution in [3.63, 3.8) is 0 Å². The molecule has 0 spiro atoms. The van der Waals surface area contributed by atoms with E-state index in [-0.39, 0.29) is 0 Å². The van der Waals surface area contributed by atoms with Crippen LogP contribution in [-0.2, 0) is 0 Å². The van der Waals surface area contributed by atoms with Crippen LogP contribution in [0.2, 0.25) is 6.82 Å². The molecule has 2 rings (SSSR count). The second-order valence-corrected chi connectivity index (χ2v) is 3.42. The molecule has 0 aliphatic rings. The Morgan fingerprint density at radius 1 is 0.786 bits per heavy atom. The van der Waals surface area contributed by atoms with Gasteiger partial charge >= 0.3 is 0 Å².